The van der Waals surface area contributed by atoms with Gasteiger partial charge in [0.15, 0.2) is 0 Å². The summed E-state index contributed by atoms with van der Waals surface area (Å²) in [4.78, 5) is 15.1. The summed E-state index contributed by atoms with van der Waals surface area (Å²) in [7, 11) is 0. The van der Waals surface area contributed by atoms with E-state index in [1.54, 1.807) is 0 Å². The minimum atomic E-state index is 0.0532. The summed E-state index contributed by atoms with van der Waals surface area (Å²) in [6, 6.07) is 16.8. The molecule has 2 aromatic carbocycles. The third kappa shape index (κ3) is 6.40. The molecule has 0 saturated carbocycles. The van der Waals surface area contributed by atoms with Gasteiger partial charge in [0.1, 0.15) is 5.75 Å². The van der Waals surface area contributed by atoms with Crippen molar-refractivity contribution in [1.29, 1.82) is 0 Å². The summed E-state index contributed by atoms with van der Waals surface area (Å²) in [6.07, 6.45) is 2.62. The van der Waals surface area contributed by atoms with Crippen molar-refractivity contribution in [2.24, 2.45) is 0 Å². The van der Waals surface area contributed by atoms with E-state index < -0.39 is 0 Å². The van der Waals surface area contributed by atoms with Crippen molar-refractivity contribution in [3.05, 3.63) is 65.2 Å². The smallest absolute Gasteiger partial charge is 0.223 e. The number of rotatable bonds is 10. The Kier molecular flexibility index (Phi) is 8.56. The molecule has 0 bridgehead atoms. The van der Waals surface area contributed by atoms with Crippen LogP contribution in [0.3, 0.4) is 0 Å². The first-order valence-electron chi connectivity index (χ1n) is 10.6. The number of ether oxygens (including phenoxy) is 1. The van der Waals surface area contributed by atoms with Crippen molar-refractivity contribution < 1.29 is 9.53 Å². The van der Waals surface area contributed by atoms with Crippen LogP contribution < -0.4 is 4.74 Å². The van der Waals surface area contributed by atoms with Gasteiger partial charge in [0, 0.05) is 25.4 Å². The van der Waals surface area contributed by atoms with Crippen LogP contribution in [0.15, 0.2) is 48.5 Å². The summed E-state index contributed by atoms with van der Waals surface area (Å²) in [5.41, 5.74) is 3.57. The fraction of sp³-hybridized carbons (Fsp3) is 0.480. The van der Waals surface area contributed by atoms with E-state index in [9.17, 15) is 4.79 Å². The van der Waals surface area contributed by atoms with Crippen LogP contribution in [0.4, 0.5) is 0 Å². The van der Waals surface area contributed by atoms with Crippen LogP contribution in [0.5, 0.6) is 5.75 Å². The van der Waals surface area contributed by atoms with Crippen molar-refractivity contribution in [3.63, 3.8) is 0 Å². The van der Waals surface area contributed by atoms with Crippen molar-refractivity contribution in [1.82, 2.24) is 4.90 Å². The van der Waals surface area contributed by atoms with Crippen LogP contribution in [0, 0.1) is 6.92 Å². The molecule has 0 aliphatic carbocycles. The molecule has 0 N–H and O–H groups in total. The molecular formula is C25H35NO2. The normalized spacial score (nSPS) is 12.1. The number of hydrogen-bond donors (Lipinski definition) is 0. The Hall–Kier alpha value is -2.29. The zero-order valence-corrected chi connectivity index (χ0v) is 18.1. The first-order valence-corrected chi connectivity index (χ1v) is 10.6. The van der Waals surface area contributed by atoms with E-state index in [1.165, 1.54) is 11.1 Å². The molecule has 0 radical (unpaired) electrons. The number of carbonyl (C=O) groups is 1. The highest BCUT2D eigenvalue weighted by Gasteiger charge is 2.22. The Morgan fingerprint density at radius 3 is 1.86 bits per heavy atom. The predicted molar refractivity (Wildman–Crippen MR) is 117 cm³/mol. The molecule has 152 valence electrons. The summed E-state index contributed by atoms with van der Waals surface area (Å²) in [5, 5.41) is 0. The highest BCUT2D eigenvalue weighted by molar-refractivity contribution is 5.77. The summed E-state index contributed by atoms with van der Waals surface area (Å²) >= 11 is 0. The molecule has 0 aliphatic rings. The number of hydrogen-bond acceptors (Lipinski definition) is 2. The average molecular weight is 382 g/mol. The van der Waals surface area contributed by atoms with Crippen LogP contribution in [0.25, 0.3) is 0 Å². The topological polar surface area (TPSA) is 29.5 Å². The first-order chi connectivity index (χ1) is 13.4. The Balaban J connectivity index is 2.29. The lowest BCUT2D eigenvalue weighted by Gasteiger charge is -2.25. The Morgan fingerprint density at radius 2 is 1.39 bits per heavy atom. The van der Waals surface area contributed by atoms with Gasteiger partial charge in [0.05, 0.1) is 6.10 Å². The lowest BCUT2D eigenvalue weighted by atomic mass is 9.87. The van der Waals surface area contributed by atoms with Gasteiger partial charge in [-0.05, 0) is 56.9 Å². The molecule has 0 heterocycles. The Bertz CT molecular complexity index is 713. The molecule has 0 aromatic heterocycles. The number of amides is 1. The molecule has 2 rings (SSSR count). The SMILES string of the molecule is CCCN(CCC)C(=O)C[C@@H](c1ccc(C)cc1)c1ccc(OC(C)C)cc1. The van der Waals surface area contributed by atoms with Gasteiger partial charge in [-0.3, -0.25) is 4.79 Å². The van der Waals surface area contributed by atoms with Crippen LogP contribution >= 0.6 is 0 Å². The lowest BCUT2D eigenvalue weighted by molar-refractivity contribution is -0.131. The molecular weight excluding hydrogens is 346 g/mol. The average Bonchev–Trinajstić information content (AvgIpc) is 2.67. The van der Waals surface area contributed by atoms with Gasteiger partial charge in [0.2, 0.25) is 5.91 Å². The van der Waals surface area contributed by atoms with Gasteiger partial charge in [-0.2, -0.15) is 0 Å². The van der Waals surface area contributed by atoms with E-state index >= 15 is 0 Å². The maximum atomic E-state index is 13.1. The number of carbonyl (C=O) groups excluding carboxylic acids is 1. The number of aryl methyl sites for hydroxylation is 1. The molecule has 3 nitrogen and oxygen atoms in total. The maximum Gasteiger partial charge on any atom is 0.223 e. The van der Waals surface area contributed by atoms with Gasteiger partial charge in [0.25, 0.3) is 0 Å². The second-order valence-corrected chi connectivity index (χ2v) is 7.78. The molecule has 1 atom stereocenters. The number of benzene rings is 2. The molecule has 0 aliphatic heterocycles. The van der Waals surface area contributed by atoms with E-state index in [1.807, 2.05) is 30.9 Å². The van der Waals surface area contributed by atoms with Crippen molar-refractivity contribution in [3.8, 4) is 5.75 Å². The molecule has 0 fully saturated rings. The highest BCUT2D eigenvalue weighted by atomic mass is 16.5. The second kappa shape index (κ2) is 10.9. The van der Waals surface area contributed by atoms with E-state index in [-0.39, 0.29) is 17.9 Å². The first kappa shape index (κ1) is 22.0. The summed E-state index contributed by atoms with van der Waals surface area (Å²) in [5.74, 6) is 1.15. The van der Waals surface area contributed by atoms with Crippen LogP contribution in [0.2, 0.25) is 0 Å². The van der Waals surface area contributed by atoms with Crippen LogP contribution in [-0.2, 0) is 4.79 Å². The monoisotopic (exact) mass is 381 g/mol. The van der Waals surface area contributed by atoms with Gasteiger partial charge >= 0.3 is 0 Å². The highest BCUT2D eigenvalue weighted by Crippen LogP contribution is 2.30. The minimum absolute atomic E-state index is 0.0532. The fourth-order valence-corrected chi connectivity index (χ4v) is 3.48. The zero-order valence-electron chi connectivity index (χ0n) is 18.1. The molecule has 28 heavy (non-hydrogen) atoms. The quantitative estimate of drug-likeness (QED) is 0.509. The summed E-state index contributed by atoms with van der Waals surface area (Å²) < 4.78 is 5.78. The maximum absolute atomic E-state index is 13.1. The van der Waals surface area contributed by atoms with E-state index in [4.69, 9.17) is 4.74 Å². The fourth-order valence-electron chi connectivity index (χ4n) is 3.48. The molecule has 0 saturated heterocycles. The van der Waals surface area contributed by atoms with Crippen molar-refractivity contribution in [2.45, 2.75) is 65.9 Å². The van der Waals surface area contributed by atoms with Gasteiger partial charge in [-0.25, -0.2) is 0 Å². The standard InChI is InChI=1S/C25H35NO2/c1-6-16-26(17-7-2)25(27)18-24(21-10-8-20(5)9-11-21)22-12-14-23(15-13-22)28-19(3)4/h8-15,19,24H,6-7,16-18H2,1-5H3/t24-/m0/s1. The molecule has 1 amide bonds. The van der Waals surface area contributed by atoms with Gasteiger partial charge in [-0.1, -0.05) is 55.8 Å². The minimum Gasteiger partial charge on any atom is -0.491 e. The largest absolute Gasteiger partial charge is 0.491 e. The van der Waals surface area contributed by atoms with Crippen molar-refractivity contribution >= 4 is 5.91 Å². The molecule has 0 spiro atoms. The van der Waals surface area contributed by atoms with E-state index in [0.717, 1.165) is 37.2 Å². The third-order valence-electron chi connectivity index (χ3n) is 4.85. The van der Waals surface area contributed by atoms with Gasteiger partial charge < -0.3 is 9.64 Å². The lowest BCUT2D eigenvalue weighted by Crippen LogP contribution is -2.33. The molecule has 3 heteroatoms. The van der Waals surface area contributed by atoms with Crippen LogP contribution in [0.1, 0.15) is 69.6 Å². The Morgan fingerprint density at radius 1 is 0.893 bits per heavy atom. The Labute approximate surface area is 170 Å². The van der Waals surface area contributed by atoms with E-state index in [0.29, 0.717) is 6.42 Å². The second-order valence-electron chi connectivity index (χ2n) is 7.78. The predicted octanol–water partition coefficient (Wildman–Crippen LogP) is 5.95. The molecule has 0 unspecified atom stereocenters. The molecule has 2 aromatic rings. The van der Waals surface area contributed by atoms with Gasteiger partial charge in [-0.15, -0.1) is 0 Å². The summed E-state index contributed by atoms with van der Waals surface area (Å²) in [6.45, 7) is 12.0. The third-order valence-corrected chi connectivity index (χ3v) is 4.85. The van der Waals surface area contributed by atoms with E-state index in [2.05, 4.69) is 57.2 Å². The number of nitrogens with zero attached hydrogens (tertiary/aromatic N) is 1. The van der Waals surface area contributed by atoms with Crippen molar-refractivity contribution in [2.75, 3.05) is 13.1 Å². The zero-order chi connectivity index (χ0) is 20.5. The van der Waals surface area contributed by atoms with Crippen LogP contribution in [-0.4, -0.2) is 30.0 Å².